The van der Waals surface area contributed by atoms with Crippen molar-refractivity contribution in [3.05, 3.63) is 18.2 Å². The van der Waals surface area contributed by atoms with Crippen LogP contribution in [0.1, 0.15) is 34.1 Å². The summed E-state index contributed by atoms with van der Waals surface area (Å²) in [5.74, 6) is 1.14. The third kappa shape index (κ3) is 5.93. The second-order valence-corrected chi connectivity index (χ2v) is 10.4. The van der Waals surface area contributed by atoms with Crippen molar-refractivity contribution in [1.82, 2.24) is 4.31 Å². The highest BCUT2D eigenvalue weighted by molar-refractivity contribution is 7.89. The molecule has 7 nitrogen and oxygen atoms in total. The summed E-state index contributed by atoms with van der Waals surface area (Å²) in [6, 6.07) is 4.94. The number of quaternary nitrogens is 1. The number of amides is 1. The number of piperidine rings is 1. The Morgan fingerprint density at radius 1 is 1.14 bits per heavy atom. The molecule has 1 saturated heterocycles. The second kappa shape index (κ2) is 9.91. The van der Waals surface area contributed by atoms with Gasteiger partial charge in [-0.3, -0.25) is 4.79 Å². The summed E-state index contributed by atoms with van der Waals surface area (Å²) in [6.45, 7) is 11.3. The number of hydrogen-bond acceptors (Lipinski definition) is 4. The molecular weight excluding hydrogens is 388 g/mol. The van der Waals surface area contributed by atoms with Crippen molar-refractivity contribution in [2.45, 2.75) is 39.0 Å². The monoisotopic (exact) mass is 425 g/mol. The van der Waals surface area contributed by atoms with Gasteiger partial charge in [0, 0.05) is 39.0 Å². The van der Waals surface area contributed by atoms with Crippen LogP contribution in [0, 0.1) is 11.8 Å². The van der Waals surface area contributed by atoms with Crippen LogP contribution in [0.5, 0.6) is 0 Å². The second-order valence-electron chi connectivity index (χ2n) is 8.49. The lowest BCUT2D eigenvalue weighted by atomic mass is 9.92. The number of benzene rings is 1. The van der Waals surface area contributed by atoms with Crippen molar-refractivity contribution in [1.29, 1.82) is 0 Å². The third-order valence-corrected chi connectivity index (χ3v) is 7.60. The van der Waals surface area contributed by atoms with Gasteiger partial charge in [0.1, 0.15) is 0 Å². The topological polar surface area (TPSA) is 74.2 Å². The SMILES string of the molecule is CCN(CC)S(=O)(=O)c1ccc(N(C)C)c(NC(=O)C[NH+]2C[C@H](C)C[C@H](C)C2)c1. The van der Waals surface area contributed by atoms with E-state index in [1.807, 2.05) is 32.8 Å². The van der Waals surface area contributed by atoms with Crippen LogP contribution in [0.15, 0.2) is 23.1 Å². The number of nitrogens with one attached hydrogen (secondary N) is 2. The lowest BCUT2D eigenvalue weighted by Crippen LogP contribution is -3.15. The van der Waals surface area contributed by atoms with Crippen molar-refractivity contribution in [2.75, 3.05) is 57.0 Å². The highest BCUT2D eigenvalue weighted by Crippen LogP contribution is 2.29. The van der Waals surface area contributed by atoms with Crippen LogP contribution < -0.4 is 15.1 Å². The van der Waals surface area contributed by atoms with Crippen LogP contribution in [0.3, 0.4) is 0 Å². The molecule has 8 heteroatoms. The molecule has 0 saturated carbocycles. The molecule has 1 aromatic carbocycles. The molecule has 0 bridgehead atoms. The van der Waals surface area contributed by atoms with E-state index in [1.54, 1.807) is 18.2 Å². The quantitative estimate of drug-likeness (QED) is 0.658. The molecule has 1 aromatic rings. The summed E-state index contributed by atoms with van der Waals surface area (Å²) in [5.41, 5.74) is 1.32. The molecule has 2 N–H and O–H groups in total. The highest BCUT2D eigenvalue weighted by Gasteiger charge is 2.28. The van der Waals surface area contributed by atoms with Gasteiger partial charge in [-0.1, -0.05) is 27.7 Å². The van der Waals surface area contributed by atoms with E-state index in [1.165, 1.54) is 15.6 Å². The fraction of sp³-hybridized carbons (Fsp3) is 0.667. The molecular formula is C21H37N4O3S+. The first-order valence-corrected chi connectivity index (χ1v) is 12.0. The Labute approximate surface area is 176 Å². The maximum atomic E-state index is 12.9. The average Bonchev–Trinajstić information content (AvgIpc) is 2.61. The number of sulfonamides is 1. The summed E-state index contributed by atoms with van der Waals surface area (Å²) < 4.78 is 27.2. The smallest absolute Gasteiger partial charge is 0.279 e. The minimum absolute atomic E-state index is 0.0817. The molecule has 2 rings (SSSR count). The molecule has 1 aliphatic rings. The van der Waals surface area contributed by atoms with E-state index in [0.29, 0.717) is 37.2 Å². The molecule has 1 aliphatic heterocycles. The average molecular weight is 426 g/mol. The Kier molecular flexibility index (Phi) is 8.08. The van der Waals surface area contributed by atoms with Crippen molar-refractivity contribution in [2.24, 2.45) is 11.8 Å². The normalized spacial score (nSPS) is 22.5. The lowest BCUT2D eigenvalue weighted by Gasteiger charge is -2.31. The zero-order chi connectivity index (χ0) is 21.8. The van der Waals surface area contributed by atoms with Crippen LogP contribution in [-0.4, -0.2) is 65.4 Å². The summed E-state index contributed by atoms with van der Waals surface area (Å²) in [7, 11) is 0.170. The molecule has 0 aromatic heterocycles. The Hall–Kier alpha value is -1.64. The van der Waals surface area contributed by atoms with E-state index in [9.17, 15) is 13.2 Å². The summed E-state index contributed by atoms with van der Waals surface area (Å²) >= 11 is 0. The summed E-state index contributed by atoms with van der Waals surface area (Å²) in [6.07, 6.45) is 1.21. The van der Waals surface area contributed by atoms with Gasteiger partial charge in [-0.05, 0) is 24.6 Å². The van der Waals surface area contributed by atoms with Crippen molar-refractivity contribution in [3.63, 3.8) is 0 Å². The van der Waals surface area contributed by atoms with Gasteiger partial charge in [0.2, 0.25) is 10.0 Å². The number of hydrogen-bond donors (Lipinski definition) is 2. The van der Waals surface area contributed by atoms with Crippen LogP contribution >= 0.6 is 0 Å². The largest absolute Gasteiger partial charge is 0.376 e. The molecule has 3 atom stereocenters. The van der Waals surface area contributed by atoms with Gasteiger partial charge in [-0.25, -0.2) is 8.42 Å². The maximum Gasteiger partial charge on any atom is 0.279 e. The van der Waals surface area contributed by atoms with Crippen molar-refractivity contribution < 1.29 is 18.1 Å². The number of carbonyl (C=O) groups excluding carboxylic acids is 1. The Morgan fingerprint density at radius 2 is 1.72 bits per heavy atom. The van der Waals surface area contributed by atoms with E-state index in [0.717, 1.165) is 18.8 Å². The number of nitrogens with zero attached hydrogens (tertiary/aromatic N) is 2. The molecule has 1 heterocycles. The first kappa shape index (κ1) is 23.6. The van der Waals surface area contributed by atoms with E-state index in [4.69, 9.17) is 0 Å². The Morgan fingerprint density at radius 3 is 2.24 bits per heavy atom. The van der Waals surface area contributed by atoms with E-state index in [2.05, 4.69) is 19.2 Å². The van der Waals surface area contributed by atoms with Gasteiger partial charge in [0.05, 0.1) is 29.4 Å². The highest BCUT2D eigenvalue weighted by atomic mass is 32.2. The Bertz CT molecular complexity index is 796. The van der Waals surface area contributed by atoms with Gasteiger partial charge < -0.3 is 15.1 Å². The third-order valence-electron chi connectivity index (χ3n) is 5.56. The van der Waals surface area contributed by atoms with E-state index >= 15 is 0 Å². The number of anilines is 2. The predicted octanol–water partition coefficient (Wildman–Crippen LogP) is 1.28. The van der Waals surface area contributed by atoms with Crippen LogP contribution in [-0.2, 0) is 14.8 Å². The van der Waals surface area contributed by atoms with Gasteiger partial charge in [0.15, 0.2) is 6.54 Å². The van der Waals surface area contributed by atoms with Crippen LogP contribution in [0.4, 0.5) is 11.4 Å². The molecule has 1 amide bonds. The zero-order valence-electron chi connectivity index (χ0n) is 18.7. The van der Waals surface area contributed by atoms with Crippen molar-refractivity contribution >= 4 is 27.3 Å². The van der Waals surface area contributed by atoms with Gasteiger partial charge >= 0.3 is 0 Å². The summed E-state index contributed by atoms with van der Waals surface area (Å²) in [4.78, 5) is 16.1. The minimum atomic E-state index is -3.59. The number of carbonyl (C=O) groups is 1. The van der Waals surface area contributed by atoms with Gasteiger partial charge in [-0.15, -0.1) is 0 Å². The molecule has 0 spiro atoms. The Balaban J connectivity index is 2.24. The lowest BCUT2D eigenvalue weighted by molar-refractivity contribution is -0.904. The molecule has 29 heavy (non-hydrogen) atoms. The maximum absolute atomic E-state index is 12.9. The molecule has 1 fully saturated rings. The fourth-order valence-corrected chi connectivity index (χ4v) is 5.85. The van der Waals surface area contributed by atoms with Crippen LogP contribution in [0.25, 0.3) is 0 Å². The fourth-order valence-electron chi connectivity index (χ4n) is 4.37. The number of rotatable bonds is 8. The first-order chi connectivity index (χ1) is 13.6. The van der Waals surface area contributed by atoms with Gasteiger partial charge in [0.25, 0.3) is 5.91 Å². The standard InChI is InChI=1S/C21H36N4O3S/c1-7-25(8-2)29(27,28)18-9-10-20(23(5)6)19(12-18)22-21(26)15-24-13-16(3)11-17(4)14-24/h9-10,12,16-17H,7-8,11,13-15H2,1-6H3,(H,22,26)/p+1/t16-,17+. The first-order valence-electron chi connectivity index (χ1n) is 10.5. The van der Waals surface area contributed by atoms with Crippen molar-refractivity contribution in [3.8, 4) is 0 Å². The van der Waals surface area contributed by atoms with Crippen LogP contribution in [0.2, 0.25) is 0 Å². The van der Waals surface area contributed by atoms with E-state index < -0.39 is 10.0 Å². The molecule has 164 valence electrons. The summed E-state index contributed by atoms with van der Waals surface area (Å²) in [5, 5.41) is 2.97. The van der Waals surface area contributed by atoms with E-state index in [-0.39, 0.29) is 10.8 Å². The molecule has 1 unspecified atom stereocenters. The van der Waals surface area contributed by atoms with Gasteiger partial charge in [-0.2, -0.15) is 4.31 Å². The zero-order valence-corrected chi connectivity index (χ0v) is 19.5. The molecule has 0 aliphatic carbocycles. The molecule has 0 radical (unpaired) electrons. The predicted molar refractivity (Wildman–Crippen MR) is 118 cm³/mol. The minimum Gasteiger partial charge on any atom is -0.376 e. The number of likely N-dealkylation sites (tertiary alicyclic amines) is 1.